The Kier molecular flexibility index (Phi) is 4.56. The summed E-state index contributed by atoms with van der Waals surface area (Å²) in [5.41, 5.74) is -0.0178. The number of halogens is 5. The van der Waals surface area contributed by atoms with Gasteiger partial charge in [-0.05, 0) is 17.9 Å². The number of aromatic nitrogens is 2. The molecule has 108 valence electrons. The lowest BCUT2D eigenvalue weighted by Crippen LogP contribution is -2.05. The van der Waals surface area contributed by atoms with Crippen molar-refractivity contribution in [3.8, 4) is 11.3 Å². The molecule has 0 saturated carbocycles. The first kappa shape index (κ1) is 15.5. The van der Waals surface area contributed by atoms with Crippen LogP contribution in [-0.4, -0.2) is 16.0 Å². The van der Waals surface area contributed by atoms with Crippen LogP contribution in [0.4, 0.5) is 13.2 Å². The maximum Gasteiger partial charge on any atom is 0.416 e. The lowest BCUT2D eigenvalue weighted by atomic mass is 10.1. The molecule has 1 aromatic heterocycles. The van der Waals surface area contributed by atoms with Crippen LogP contribution in [0.25, 0.3) is 11.3 Å². The quantitative estimate of drug-likeness (QED) is 0.745. The second-order valence-corrected chi connectivity index (χ2v) is 5.98. The fourth-order valence-electron chi connectivity index (χ4n) is 1.69. The van der Waals surface area contributed by atoms with Crippen molar-refractivity contribution in [2.45, 2.75) is 18.0 Å². The number of aromatic amines is 1. The highest BCUT2D eigenvalue weighted by Gasteiger charge is 2.32. The van der Waals surface area contributed by atoms with Gasteiger partial charge in [0.25, 0.3) is 0 Å². The predicted octanol–water partition coefficient (Wildman–Crippen LogP) is 5.51. The number of benzene rings is 1. The summed E-state index contributed by atoms with van der Waals surface area (Å²) < 4.78 is 38.0. The Morgan fingerprint density at radius 1 is 1.25 bits per heavy atom. The Morgan fingerprint density at radius 3 is 2.35 bits per heavy atom. The van der Waals surface area contributed by atoms with Crippen LogP contribution in [0, 0.1) is 0 Å². The monoisotopic (exact) mass is 340 g/mol. The van der Waals surface area contributed by atoms with Gasteiger partial charge in [-0.1, -0.05) is 30.1 Å². The Labute approximate surface area is 127 Å². The number of thioether (sulfide) groups is 1. The fourth-order valence-corrected chi connectivity index (χ4v) is 3.10. The van der Waals surface area contributed by atoms with Gasteiger partial charge in [0.2, 0.25) is 0 Å². The van der Waals surface area contributed by atoms with Crippen LogP contribution in [-0.2, 0) is 6.18 Å². The number of hydrogen-bond acceptors (Lipinski definition) is 2. The van der Waals surface area contributed by atoms with Crippen molar-refractivity contribution in [3.05, 3.63) is 33.9 Å². The Bertz CT molecular complexity index is 602. The van der Waals surface area contributed by atoms with E-state index in [1.165, 1.54) is 11.8 Å². The minimum absolute atomic E-state index is 0.0629. The Morgan fingerprint density at radius 2 is 1.85 bits per heavy atom. The molecule has 0 spiro atoms. The molecule has 1 N–H and O–H groups in total. The zero-order chi connectivity index (χ0) is 14.9. The molecule has 2 nitrogen and oxygen atoms in total. The second-order valence-electron chi connectivity index (χ2n) is 3.85. The van der Waals surface area contributed by atoms with Gasteiger partial charge in [-0.25, -0.2) is 0 Å². The molecular weight excluding hydrogens is 332 g/mol. The van der Waals surface area contributed by atoms with Gasteiger partial charge in [-0.15, -0.1) is 11.8 Å². The van der Waals surface area contributed by atoms with Crippen LogP contribution in [0.1, 0.15) is 12.5 Å². The van der Waals surface area contributed by atoms with Gasteiger partial charge >= 0.3 is 6.18 Å². The average molecular weight is 341 g/mol. The third kappa shape index (κ3) is 3.07. The van der Waals surface area contributed by atoms with Crippen LogP contribution in [0.2, 0.25) is 10.0 Å². The molecule has 0 saturated heterocycles. The van der Waals surface area contributed by atoms with Crippen molar-refractivity contribution in [1.82, 2.24) is 10.2 Å². The van der Waals surface area contributed by atoms with Crippen molar-refractivity contribution in [2.75, 3.05) is 5.75 Å². The molecule has 0 amide bonds. The van der Waals surface area contributed by atoms with Crippen LogP contribution in [0.5, 0.6) is 0 Å². The normalized spacial score (nSPS) is 11.9. The Hall–Kier alpha value is -0.850. The SMILES string of the molecule is CCSc1cn[nH]c1-c1c(Cl)cc(C(F)(F)F)cc1Cl. The maximum atomic E-state index is 12.7. The van der Waals surface area contributed by atoms with Crippen molar-refractivity contribution in [1.29, 1.82) is 0 Å². The van der Waals surface area contributed by atoms with Crippen molar-refractivity contribution in [3.63, 3.8) is 0 Å². The average Bonchev–Trinajstić information content (AvgIpc) is 2.76. The molecule has 0 atom stereocenters. The van der Waals surface area contributed by atoms with Crippen molar-refractivity contribution in [2.24, 2.45) is 0 Å². The van der Waals surface area contributed by atoms with Crippen LogP contribution < -0.4 is 0 Å². The zero-order valence-corrected chi connectivity index (χ0v) is 12.5. The molecular formula is C12H9Cl2F3N2S. The molecule has 0 bridgehead atoms. The molecule has 8 heteroatoms. The van der Waals surface area contributed by atoms with Crippen molar-refractivity contribution < 1.29 is 13.2 Å². The summed E-state index contributed by atoms with van der Waals surface area (Å²) >= 11 is 13.4. The van der Waals surface area contributed by atoms with E-state index in [0.29, 0.717) is 11.3 Å². The lowest BCUT2D eigenvalue weighted by molar-refractivity contribution is -0.137. The number of hydrogen-bond donors (Lipinski definition) is 1. The highest BCUT2D eigenvalue weighted by atomic mass is 35.5. The standard InChI is InChI=1S/C12H9Cl2F3N2S/c1-2-20-9-5-18-19-11(9)10-7(13)3-6(4-8(10)14)12(15,16)17/h3-5H,2H2,1H3,(H,18,19). The number of nitrogens with one attached hydrogen (secondary N) is 1. The van der Waals surface area contributed by atoms with Gasteiger partial charge in [0, 0.05) is 5.56 Å². The first-order valence-corrected chi connectivity index (χ1v) is 7.31. The van der Waals surface area contributed by atoms with E-state index in [0.717, 1.165) is 22.8 Å². The highest BCUT2D eigenvalue weighted by Crippen LogP contribution is 2.42. The third-order valence-corrected chi connectivity index (χ3v) is 4.03. The van der Waals surface area contributed by atoms with E-state index in [1.807, 2.05) is 6.92 Å². The van der Waals surface area contributed by atoms with E-state index in [2.05, 4.69) is 10.2 Å². The predicted molar refractivity (Wildman–Crippen MR) is 75.4 cm³/mol. The van der Waals surface area contributed by atoms with Crippen LogP contribution in [0.3, 0.4) is 0 Å². The first-order chi connectivity index (χ1) is 9.34. The summed E-state index contributed by atoms with van der Waals surface area (Å²) in [7, 11) is 0. The molecule has 0 unspecified atom stereocenters. The molecule has 0 radical (unpaired) electrons. The number of alkyl halides is 3. The molecule has 1 heterocycles. The van der Waals surface area contributed by atoms with E-state index in [4.69, 9.17) is 23.2 Å². The van der Waals surface area contributed by atoms with E-state index in [9.17, 15) is 13.2 Å². The fraction of sp³-hybridized carbons (Fsp3) is 0.250. The molecule has 2 rings (SSSR count). The van der Waals surface area contributed by atoms with Crippen LogP contribution in [0.15, 0.2) is 23.2 Å². The summed E-state index contributed by atoms with van der Waals surface area (Å²) in [5.74, 6) is 0.794. The van der Waals surface area contributed by atoms with Gasteiger partial charge in [0.05, 0.1) is 32.4 Å². The van der Waals surface area contributed by atoms with Gasteiger partial charge in [-0.2, -0.15) is 18.3 Å². The van der Waals surface area contributed by atoms with E-state index >= 15 is 0 Å². The molecule has 1 aromatic carbocycles. The molecule has 0 fully saturated rings. The number of rotatable bonds is 3. The molecule has 0 aliphatic carbocycles. The second kappa shape index (κ2) is 5.87. The highest BCUT2D eigenvalue weighted by molar-refractivity contribution is 7.99. The number of H-pyrrole nitrogens is 1. The Balaban J connectivity index is 2.55. The molecule has 0 aliphatic rings. The summed E-state index contributed by atoms with van der Waals surface area (Å²) in [6.07, 6.45) is -2.89. The van der Waals surface area contributed by atoms with Gasteiger partial charge in [-0.3, -0.25) is 5.10 Å². The molecule has 0 aliphatic heterocycles. The van der Waals surface area contributed by atoms with Gasteiger partial charge < -0.3 is 0 Å². The molecule has 20 heavy (non-hydrogen) atoms. The van der Waals surface area contributed by atoms with E-state index in [-0.39, 0.29) is 10.0 Å². The van der Waals surface area contributed by atoms with Gasteiger partial charge in [0.15, 0.2) is 0 Å². The smallest absolute Gasteiger partial charge is 0.277 e. The third-order valence-electron chi connectivity index (χ3n) is 2.52. The minimum Gasteiger partial charge on any atom is -0.277 e. The topological polar surface area (TPSA) is 28.7 Å². The first-order valence-electron chi connectivity index (χ1n) is 5.57. The van der Waals surface area contributed by atoms with E-state index in [1.54, 1.807) is 6.20 Å². The largest absolute Gasteiger partial charge is 0.416 e. The van der Waals surface area contributed by atoms with Gasteiger partial charge in [0.1, 0.15) is 0 Å². The molecule has 2 aromatic rings. The zero-order valence-electron chi connectivity index (χ0n) is 10.2. The maximum absolute atomic E-state index is 12.7. The summed E-state index contributed by atoms with van der Waals surface area (Å²) in [5, 5.41) is 6.49. The summed E-state index contributed by atoms with van der Waals surface area (Å²) in [6.45, 7) is 1.96. The summed E-state index contributed by atoms with van der Waals surface area (Å²) in [4.78, 5) is 0.788. The summed E-state index contributed by atoms with van der Waals surface area (Å²) in [6, 6.07) is 1.73. The number of nitrogens with zero attached hydrogens (tertiary/aromatic N) is 1. The minimum atomic E-state index is -4.49. The van der Waals surface area contributed by atoms with E-state index < -0.39 is 11.7 Å². The lowest BCUT2D eigenvalue weighted by Gasteiger charge is -2.12. The van der Waals surface area contributed by atoms with Crippen LogP contribution >= 0.6 is 35.0 Å². The van der Waals surface area contributed by atoms with Crippen molar-refractivity contribution >= 4 is 35.0 Å².